The fourth-order valence-corrected chi connectivity index (χ4v) is 1.25. The molecule has 0 saturated heterocycles. The van der Waals surface area contributed by atoms with Crippen molar-refractivity contribution in [2.24, 2.45) is 0 Å². The molecule has 2 amide bonds. The first-order valence-electron chi connectivity index (χ1n) is 5.30. The molecule has 1 atom stereocenters. The van der Waals surface area contributed by atoms with Gasteiger partial charge in [-0.3, -0.25) is 0 Å². The number of carbonyl (C=O) groups excluding carboxylic acids is 1. The second-order valence-corrected chi connectivity index (χ2v) is 3.44. The first kappa shape index (κ1) is 12.1. The zero-order valence-electron chi connectivity index (χ0n) is 9.36. The maximum Gasteiger partial charge on any atom is 0.316 e. The van der Waals surface area contributed by atoms with Gasteiger partial charge in [0.05, 0.1) is 6.04 Å². The summed E-state index contributed by atoms with van der Waals surface area (Å²) in [5, 5.41) is 5.45. The summed E-state index contributed by atoms with van der Waals surface area (Å²) in [4.78, 5) is 11.4. The van der Waals surface area contributed by atoms with E-state index in [0.29, 0.717) is 6.54 Å². The average molecular weight is 216 g/mol. The molecule has 0 aliphatic heterocycles. The Bertz CT molecular complexity index is 367. The molecule has 1 rings (SSSR count). The topological polar surface area (TPSA) is 41.1 Å². The van der Waals surface area contributed by atoms with Gasteiger partial charge in [-0.2, -0.15) is 0 Å². The number of hydrogen-bond acceptors (Lipinski definition) is 1. The Balaban J connectivity index is 2.34. The minimum atomic E-state index is -0.228. The molecule has 0 radical (unpaired) electrons. The number of terminal acetylenes is 1. The Morgan fingerprint density at radius 1 is 1.44 bits per heavy atom. The van der Waals surface area contributed by atoms with Gasteiger partial charge in [-0.1, -0.05) is 43.2 Å². The Hall–Kier alpha value is -1.95. The van der Waals surface area contributed by atoms with Gasteiger partial charge in [0.1, 0.15) is 0 Å². The van der Waals surface area contributed by atoms with Crippen LogP contribution in [0.1, 0.15) is 18.9 Å². The van der Waals surface area contributed by atoms with Crippen LogP contribution in [0.15, 0.2) is 30.3 Å². The maximum absolute atomic E-state index is 11.4. The smallest absolute Gasteiger partial charge is 0.316 e. The third-order valence-electron chi connectivity index (χ3n) is 2.21. The molecule has 2 N–H and O–H groups in total. The van der Waals surface area contributed by atoms with E-state index in [1.165, 1.54) is 0 Å². The first-order valence-corrected chi connectivity index (χ1v) is 5.30. The average Bonchev–Trinajstić information content (AvgIpc) is 2.34. The van der Waals surface area contributed by atoms with E-state index in [9.17, 15) is 4.79 Å². The number of rotatable bonds is 4. The lowest BCUT2D eigenvalue weighted by molar-refractivity contribution is 0.238. The molecule has 84 valence electrons. The zero-order chi connectivity index (χ0) is 11.8. The fraction of sp³-hybridized carbons (Fsp3) is 0.308. The molecule has 1 aromatic rings. The van der Waals surface area contributed by atoms with Crippen LogP contribution in [0.3, 0.4) is 0 Å². The number of carbonyl (C=O) groups is 1. The minimum absolute atomic E-state index is 0.198. The zero-order valence-corrected chi connectivity index (χ0v) is 9.36. The van der Waals surface area contributed by atoms with Crippen molar-refractivity contribution in [1.82, 2.24) is 10.6 Å². The van der Waals surface area contributed by atoms with Crippen molar-refractivity contribution in [3.8, 4) is 12.3 Å². The van der Waals surface area contributed by atoms with E-state index in [2.05, 4.69) is 16.6 Å². The van der Waals surface area contributed by atoms with Crippen molar-refractivity contribution >= 4 is 6.03 Å². The number of nitrogens with one attached hydrogen (secondary N) is 2. The first-order chi connectivity index (χ1) is 7.76. The van der Waals surface area contributed by atoms with Crippen LogP contribution in [0.25, 0.3) is 0 Å². The molecular weight excluding hydrogens is 200 g/mol. The van der Waals surface area contributed by atoms with Crippen molar-refractivity contribution in [2.45, 2.75) is 25.9 Å². The van der Waals surface area contributed by atoms with Crippen molar-refractivity contribution in [3.63, 3.8) is 0 Å². The largest absolute Gasteiger partial charge is 0.334 e. The van der Waals surface area contributed by atoms with Crippen LogP contribution in [0.4, 0.5) is 4.79 Å². The number of hydrogen-bond donors (Lipinski definition) is 2. The highest BCUT2D eigenvalue weighted by molar-refractivity contribution is 5.74. The van der Waals surface area contributed by atoms with Crippen molar-refractivity contribution in [1.29, 1.82) is 0 Å². The van der Waals surface area contributed by atoms with E-state index in [1.807, 2.05) is 37.3 Å². The van der Waals surface area contributed by atoms with Gasteiger partial charge in [-0.15, -0.1) is 6.42 Å². The van der Waals surface area contributed by atoms with Crippen LogP contribution < -0.4 is 10.6 Å². The Labute approximate surface area is 96.2 Å². The SMILES string of the molecule is C#CC(CC)NC(=O)NCc1ccccc1. The summed E-state index contributed by atoms with van der Waals surface area (Å²) in [7, 11) is 0. The predicted molar refractivity (Wildman–Crippen MR) is 64.7 cm³/mol. The van der Waals surface area contributed by atoms with Gasteiger partial charge in [0.25, 0.3) is 0 Å². The van der Waals surface area contributed by atoms with Gasteiger partial charge in [0, 0.05) is 6.54 Å². The van der Waals surface area contributed by atoms with E-state index in [-0.39, 0.29) is 12.1 Å². The van der Waals surface area contributed by atoms with Gasteiger partial charge in [-0.25, -0.2) is 4.79 Å². The molecule has 0 bridgehead atoms. The van der Waals surface area contributed by atoms with Gasteiger partial charge in [0.15, 0.2) is 0 Å². The molecule has 3 nitrogen and oxygen atoms in total. The lowest BCUT2D eigenvalue weighted by Crippen LogP contribution is -2.40. The maximum atomic E-state index is 11.4. The second-order valence-electron chi connectivity index (χ2n) is 3.44. The fourth-order valence-electron chi connectivity index (χ4n) is 1.25. The molecule has 16 heavy (non-hydrogen) atoms. The van der Waals surface area contributed by atoms with Crippen molar-refractivity contribution in [2.75, 3.05) is 0 Å². The van der Waals surface area contributed by atoms with E-state index < -0.39 is 0 Å². The molecule has 0 fully saturated rings. The summed E-state index contributed by atoms with van der Waals surface area (Å²) in [5.74, 6) is 2.51. The lowest BCUT2D eigenvalue weighted by Gasteiger charge is -2.11. The molecule has 0 heterocycles. The minimum Gasteiger partial charge on any atom is -0.334 e. The highest BCUT2D eigenvalue weighted by atomic mass is 16.2. The molecule has 0 aliphatic rings. The van der Waals surface area contributed by atoms with E-state index in [4.69, 9.17) is 6.42 Å². The molecule has 0 aliphatic carbocycles. The van der Waals surface area contributed by atoms with E-state index >= 15 is 0 Å². The summed E-state index contributed by atoms with van der Waals surface area (Å²) in [6.07, 6.45) is 5.98. The second kappa shape index (κ2) is 6.52. The molecule has 0 saturated carbocycles. The lowest BCUT2D eigenvalue weighted by atomic mass is 10.2. The van der Waals surface area contributed by atoms with Gasteiger partial charge in [-0.05, 0) is 12.0 Å². The van der Waals surface area contributed by atoms with Gasteiger partial charge < -0.3 is 10.6 Å². The molecule has 1 unspecified atom stereocenters. The molecule has 0 spiro atoms. The molecular formula is C13H16N2O. The monoisotopic (exact) mass is 216 g/mol. The summed E-state index contributed by atoms with van der Waals surface area (Å²) >= 11 is 0. The number of urea groups is 1. The van der Waals surface area contributed by atoms with Crippen LogP contribution in [0, 0.1) is 12.3 Å². The van der Waals surface area contributed by atoms with Crippen LogP contribution in [-0.2, 0) is 6.54 Å². The number of benzene rings is 1. The van der Waals surface area contributed by atoms with Crippen LogP contribution in [-0.4, -0.2) is 12.1 Å². The summed E-state index contributed by atoms with van der Waals surface area (Å²) < 4.78 is 0. The van der Waals surface area contributed by atoms with E-state index in [1.54, 1.807) is 0 Å². The highest BCUT2D eigenvalue weighted by Crippen LogP contribution is 1.97. The van der Waals surface area contributed by atoms with E-state index in [0.717, 1.165) is 12.0 Å². The summed E-state index contributed by atoms with van der Waals surface area (Å²) in [6.45, 7) is 2.44. The Morgan fingerprint density at radius 2 is 2.12 bits per heavy atom. The summed E-state index contributed by atoms with van der Waals surface area (Å²) in [5.41, 5.74) is 1.06. The van der Waals surface area contributed by atoms with Gasteiger partial charge >= 0.3 is 6.03 Å². The molecule has 3 heteroatoms. The third kappa shape index (κ3) is 4.05. The number of amides is 2. The van der Waals surface area contributed by atoms with Crippen LogP contribution >= 0.6 is 0 Å². The Morgan fingerprint density at radius 3 is 2.69 bits per heavy atom. The standard InChI is InChI=1S/C13H16N2O/c1-3-12(4-2)15-13(16)14-10-11-8-6-5-7-9-11/h1,5-9,12H,4,10H2,2H3,(H2,14,15,16). The normalized spacial score (nSPS) is 11.2. The molecule has 0 aromatic heterocycles. The predicted octanol–water partition coefficient (Wildman–Crippen LogP) is 1.90. The quantitative estimate of drug-likeness (QED) is 0.741. The van der Waals surface area contributed by atoms with Crippen molar-refractivity contribution < 1.29 is 4.79 Å². The summed E-state index contributed by atoms with van der Waals surface area (Å²) in [6, 6.07) is 9.30. The van der Waals surface area contributed by atoms with Crippen LogP contribution in [0.2, 0.25) is 0 Å². The Kier molecular flexibility index (Phi) is 4.94. The highest BCUT2D eigenvalue weighted by Gasteiger charge is 2.05. The van der Waals surface area contributed by atoms with Gasteiger partial charge in [0.2, 0.25) is 0 Å². The van der Waals surface area contributed by atoms with Crippen molar-refractivity contribution in [3.05, 3.63) is 35.9 Å². The molecule has 1 aromatic carbocycles. The third-order valence-corrected chi connectivity index (χ3v) is 2.21. The van der Waals surface area contributed by atoms with Crippen LogP contribution in [0.5, 0.6) is 0 Å².